The average molecular weight is 201 g/mol. The lowest BCUT2D eigenvalue weighted by Gasteiger charge is -2.32. The molecule has 0 radical (unpaired) electrons. The minimum absolute atomic E-state index is 0.0796. The van der Waals surface area contributed by atoms with Gasteiger partial charge in [-0.05, 0) is 25.7 Å². The SMILES string of the molecule is CCOC(=O)C(C)(N)CC(C)(C)CC. The number of carbonyl (C=O) groups excluding carboxylic acids is 1. The Labute approximate surface area is 87.0 Å². The van der Waals surface area contributed by atoms with Gasteiger partial charge in [-0.25, -0.2) is 0 Å². The van der Waals surface area contributed by atoms with Crippen molar-refractivity contribution in [1.29, 1.82) is 0 Å². The molecule has 0 aromatic heterocycles. The summed E-state index contributed by atoms with van der Waals surface area (Å²) in [5.41, 5.74) is 5.15. The highest BCUT2D eigenvalue weighted by Crippen LogP contribution is 2.30. The molecule has 0 aliphatic carbocycles. The minimum atomic E-state index is -0.866. The zero-order valence-electron chi connectivity index (χ0n) is 10.0. The van der Waals surface area contributed by atoms with Crippen LogP contribution in [0.15, 0.2) is 0 Å². The van der Waals surface area contributed by atoms with Crippen molar-refractivity contribution in [2.75, 3.05) is 6.61 Å². The molecule has 3 nitrogen and oxygen atoms in total. The summed E-state index contributed by atoms with van der Waals surface area (Å²) in [6, 6.07) is 0. The van der Waals surface area contributed by atoms with Gasteiger partial charge in [0.25, 0.3) is 0 Å². The van der Waals surface area contributed by atoms with Crippen LogP contribution in [0.1, 0.15) is 47.5 Å². The highest BCUT2D eigenvalue weighted by molar-refractivity contribution is 5.80. The summed E-state index contributed by atoms with van der Waals surface area (Å²) in [7, 11) is 0. The minimum Gasteiger partial charge on any atom is -0.465 e. The van der Waals surface area contributed by atoms with Gasteiger partial charge < -0.3 is 10.5 Å². The summed E-state index contributed by atoms with van der Waals surface area (Å²) >= 11 is 0. The molecule has 0 amide bonds. The second kappa shape index (κ2) is 4.78. The van der Waals surface area contributed by atoms with Crippen molar-refractivity contribution >= 4 is 5.97 Å². The van der Waals surface area contributed by atoms with Crippen molar-refractivity contribution in [1.82, 2.24) is 0 Å². The topological polar surface area (TPSA) is 52.3 Å². The fraction of sp³-hybridized carbons (Fsp3) is 0.909. The van der Waals surface area contributed by atoms with Gasteiger partial charge in [0.1, 0.15) is 5.54 Å². The fourth-order valence-electron chi connectivity index (χ4n) is 1.49. The number of carbonyl (C=O) groups is 1. The number of hydrogen-bond acceptors (Lipinski definition) is 3. The Morgan fingerprint density at radius 2 is 1.79 bits per heavy atom. The highest BCUT2D eigenvalue weighted by atomic mass is 16.5. The lowest BCUT2D eigenvalue weighted by molar-refractivity contribution is -0.150. The zero-order chi connectivity index (χ0) is 11.4. The van der Waals surface area contributed by atoms with E-state index >= 15 is 0 Å². The third-order valence-corrected chi connectivity index (χ3v) is 2.54. The van der Waals surface area contributed by atoms with Gasteiger partial charge in [0, 0.05) is 0 Å². The summed E-state index contributed by atoms with van der Waals surface area (Å²) in [4.78, 5) is 11.5. The van der Waals surface area contributed by atoms with Crippen LogP contribution in [-0.4, -0.2) is 18.1 Å². The van der Waals surface area contributed by atoms with E-state index in [9.17, 15) is 4.79 Å². The largest absolute Gasteiger partial charge is 0.465 e. The first-order valence-corrected chi connectivity index (χ1v) is 5.21. The molecule has 0 aromatic carbocycles. The molecule has 1 unspecified atom stereocenters. The maximum atomic E-state index is 11.5. The molecule has 2 N–H and O–H groups in total. The van der Waals surface area contributed by atoms with Crippen molar-refractivity contribution in [3.8, 4) is 0 Å². The lowest BCUT2D eigenvalue weighted by Crippen LogP contribution is -2.49. The molecule has 0 fully saturated rings. The molecule has 3 heteroatoms. The monoisotopic (exact) mass is 201 g/mol. The summed E-state index contributed by atoms with van der Waals surface area (Å²) in [6.07, 6.45) is 1.65. The van der Waals surface area contributed by atoms with E-state index in [1.165, 1.54) is 0 Å². The third kappa shape index (κ3) is 4.09. The average Bonchev–Trinajstić information content (AvgIpc) is 2.03. The number of rotatable bonds is 5. The van der Waals surface area contributed by atoms with E-state index in [-0.39, 0.29) is 11.4 Å². The van der Waals surface area contributed by atoms with Gasteiger partial charge in [-0.2, -0.15) is 0 Å². The number of hydrogen-bond donors (Lipinski definition) is 1. The summed E-state index contributed by atoms with van der Waals surface area (Å²) in [5, 5.41) is 0. The number of nitrogens with two attached hydrogens (primary N) is 1. The third-order valence-electron chi connectivity index (χ3n) is 2.54. The van der Waals surface area contributed by atoms with E-state index in [2.05, 4.69) is 20.8 Å². The van der Waals surface area contributed by atoms with E-state index in [1.54, 1.807) is 13.8 Å². The Morgan fingerprint density at radius 1 is 1.29 bits per heavy atom. The Kier molecular flexibility index (Phi) is 4.59. The second-order valence-electron chi connectivity index (χ2n) is 4.83. The molecule has 0 spiro atoms. The summed E-state index contributed by atoms with van der Waals surface area (Å²) in [5.74, 6) is -0.304. The normalized spacial score (nSPS) is 16.1. The van der Waals surface area contributed by atoms with Crippen LogP contribution >= 0.6 is 0 Å². The Morgan fingerprint density at radius 3 is 2.14 bits per heavy atom. The van der Waals surface area contributed by atoms with E-state index in [0.717, 1.165) is 6.42 Å². The lowest BCUT2D eigenvalue weighted by atomic mass is 9.78. The van der Waals surface area contributed by atoms with Gasteiger partial charge in [0.2, 0.25) is 0 Å². The van der Waals surface area contributed by atoms with Crippen molar-refractivity contribution in [2.24, 2.45) is 11.1 Å². The van der Waals surface area contributed by atoms with Gasteiger partial charge in [-0.3, -0.25) is 4.79 Å². The smallest absolute Gasteiger partial charge is 0.325 e. The molecule has 0 aliphatic heterocycles. The molecule has 0 heterocycles. The maximum Gasteiger partial charge on any atom is 0.325 e. The van der Waals surface area contributed by atoms with Crippen LogP contribution in [-0.2, 0) is 9.53 Å². The van der Waals surface area contributed by atoms with Crippen molar-refractivity contribution in [3.63, 3.8) is 0 Å². The predicted octanol–water partition coefficient (Wildman–Crippen LogP) is 2.09. The molecule has 84 valence electrons. The van der Waals surface area contributed by atoms with Crippen molar-refractivity contribution < 1.29 is 9.53 Å². The van der Waals surface area contributed by atoms with Gasteiger partial charge >= 0.3 is 5.97 Å². The molecule has 1 atom stereocenters. The van der Waals surface area contributed by atoms with Crippen molar-refractivity contribution in [3.05, 3.63) is 0 Å². The van der Waals surface area contributed by atoms with Crippen LogP contribution in [0.3, 0.4) is 0 Å². The summed E-state index contributed by atoms with van der Waals surface area (Å²) in [6.45, 7) is 10.2. The van der Waals surface area contributed by atoms with E-state index in [4.69, 9.17) is 10.5 Å². The van der Waals surface area contributed by atoms with Crippen LogP contribution in [0.25, 0.3) is 0 Å². The highest BCUT2D eigenvalue weighted by Gasteiger charge is 2.35. The molecule has 0 aromatic rings. The standard InChI is InChI=1S/C11H23NO2/c1-6-10(3,4)8-11(5,12)9(13)14-7-2/h6-8,12H2,1-5H3. The van der Waals surface area contributed by atoms with Crippen LogP contribution in [0.4, 0.5) is 0 Å². The molecule has 0 aliphatic rings. The number of esters is 1. The van der Waals surface area contributed by atoms with Crippen LogP contribution in [0, 0.1) is 5.41 Å². The van der Waals surface area contributed by atoms with Crippen LogP contribution in [0.5, 0.6) is 0 Å². The van der Waals surface area contributed by atoms with Gasteiger partial charge in [-0.1, -0.05) is 27.2 Å². The first-order valence-electron chi connectivity index (χ1n) is 5.21. The first-order chi connectivity index (χ1) is 6.25. The molecule has 0 rings (SSSR count). The second-order valence-corrected chi connectivity index (χ2v) is 4.83. The molecule has 0 bridgehead atoms. The quantitative estimate of drug-likeness (QED) is 0.693. The molecular formula is C11H23NO2. The van der Waals surface area contributed by atoms with Crippen LogP contribution < -0.4 is 5.73 Å². The maximum absolute atomic E-state index is 11.5. The van der Waals surface area contributed by atoms with Crippen molar-refractivity contribution in [2.45, 2.75) is 53.0 Å². The van der Waals surface area contributed by atoms with Gasteiger partial charge in [0.15, 0.2) is 0 Å². The zero-order valence-corrected chi connectivity index (χ0v) is 10.0. The molecular weight excluding hydrogens is 178 g/mol. The Hall–Kier alpha value is -0.570. The van der Waals surface area contributed by atoms with E-state index in [1.807, 2.05) is 0 Å². The summed E-state index contributed by atoms with van der Waals surface area (Å²) < 4.78 is 4.93. The molecule has 14 heavy (non-hydrogen) atoms. The van der Waals surface area contributed by atoms with E-state index in [0.29, 0.717) is 13.0 Å². The molecule has 0 saturated heterocycles. The Bertz CT molecular complexity index is 197. The number of ether oxygens (including phenoxy) is 1. The Balaban J connectivity index is 4.40. The molecule has 0 saturated carbocycles. The van der Waals surface area contributed by atoms with Gasteiger partial charge in [0.05, 0.1) is 6.61 Å². The van der Waals surface area contributed by atoms with Crippen LogP contribution in [0.2, 0.25) is 0 Å². The fourth-order valence-corrected chi connectivity index (χ4v) is 1.49. The van der Waals surface area contributed by atoms with Gasteiger partial charge in [-0.15, -0.1) is 0 Å². The first kappa shape index (κ1) is 13.4. The van der Waals surface area contributed by atoms with E-state index < -0.39 is 5.54 Å². The predicted molar refractivity (Wildman–Crippen MR) is 57.9 cm³/mol.